The number of aliphatic hydroxyl groups is 1. The van der Waals surface area contributed by atoms with Crippen molar-refractivity contribution in [1.82, 2.24) is 5.32 Å². The quantitative estimate of drug-likeness (QED) is 0.852. The molecule has 122 valence electrons. The normalized spacial score (nSPS) is 11.8. The second-order valence-corrected chi connectivity index (χ2v) is 5.50. The van der Waals surface area contributed by atoms with Crippen LogP contribution in [0.2, 0.25) is 5.02 Å². The van der Waals surface area contributed by atoms with Gasteiger partial charge in [0.05, 0.1) is 11.1 Å². The third-order valence-corrected chi connectivity index (χ3v) is 3.52. The van der Waals surface area contributed by atoms with Gasteiger partial charge in [-0.3, -0.25) is 4.79 Å². The number of hydrogen-bond donors (Lipinski definition) is 2. The Balaban J connectivity index is 1.79. The van der Waals surface area contributed by atoms with Crippen molar-refractivity contribution < 1.29 is 19.0 Å². The van der Waals surface area contributed by atoms with Crippen LogP contribution in [0, 0.1) is 12.7 Å². The molecule has 2 N–H and O–H groups in total. The molecule has 2 aromatic rings. The van der Waals surface area contributed by atoms with Gasteiger partial charge in [0.1, 0.15) is 11.6 Å². The molecule has 0 fully saturated rings. The van der Waals surface area contributed by atoms with Gasteiger partial charge in [-0.05, 0) is 36.8 Å². The molecule has 1 atom stereocenters. The van der Waals surface area contributed by atoms with Crippen LogP contribution in [0.5, 0.6) is 5.75 Å². The van der Waals surface area contributed by atoms with E-state index in [9.17, 15) is 14.3 Å². The maximum Gasteiger partial charge on any atom is 0.258 e. The van der Waals surface area contributed by atoms with Gasteiger partial charge in [-0.2, -0.15) is 0 Å². The van der Waals surface area contributed by atoms with Crippen LogP contribution in [0.3, 0.4) is 0 Å². The lowest BCUT2D eigenvalue weighted by atomic mass is 10.1. The summed E-state index contributed by atoms with van der Waals surface area (Å²) in [6.07, 6.45) is -1.02. The first-order valence-corrected chi connectivity index (χ1v) is 7.42. The van der Waals surface area contributed by atoms with E-state index >= 15 is 0 Å². The zero-order valence-corrected chi connectivity index (χ0v) is 13.3. The highest BCUT2D eigenvalue weighted by Crippen LogP contribution is 2.19. The summed E-state index contributed by atoms with van der Waals surface area (Å²) in [5.74, 6) is -0.401. The van der Waals surface area contributed by atoms with E-state index in [1.807, 2.05) is 19.1 Å². The Morgan fingerprint density at radius 2 is 2.00 bits per heavy atom. The fourth-order valence-corrected chi connectivity index (χ4v) is 2.00. The lowest BCUT2D eigenvalue weighted by molar-refractivity contribution is -0.123. The first-order chi connectivity index (χ1) is 11.0. The Bertz CT molecular complexity index is 676. The van der Waals surface area contributed by atoms with Gasteiger partial charge < -0.3 is 15.2 Å². The number of hydrogen-bond acceptors (Lipinski definition) is 3. The molecule has 0 radical (unpaired) electrons. The van der Waals surface area contributed by atoms with Crippen molar-refractivity contribution in [3.63, 3.8) is 0 Å². The second kappa shape index (κ2) is 7.94. The minimum Gasteiger partial charge on any atom is -0.484 e. The first-order valence-electron chi connectivity index (χ1n) is 7.05. The average molecular weight is 338 g/mol. The van der Waals surface area contributed by atoms with Gasteiger partial charge in [-0.25, -0.2) is 4.39 Å². The summed E-state index contributed by atoms with van der Waals surface area (Å²) in [5.41, 5.74) is 1.44. The number of aliphatic hydroxyl groups excluding tert-OH is 1. The Morgan fingerprint density at radius 3 is 2.65 bits per heavy atom. The standard InChI is InChI=1S/C17H17ClFNO3/c1-11-2-5-13(6-3-11)23-10-17(22)20-9-16(21)12-4-7-14(18)15(19)8-12/h2-8,16,21H,9-10H2,1H3,(H,20,22). The van der Waals surface area contributed by atoms with Gasteiger partial charge >= 0.3 is 0 Å². The molecular weight excluding hydrogens is 321 g/mol. The molecule has 0 spiro atoms. The van der Waals surface area contributed by atoms with E-state index in [0.717, 1.165) is 11.6 Å². The number of rotatable bonds is 6. The predicted octanol–water partition coefficient (Wildman–Crippen LogP) is 3.02. The second-order valence-electron chi connectivity index (χ2n) is 5.10. The molecule has 0 aliphatic heterocycles. The van der Waals surface area contributed by atoms with Crippen molar-refractivity contribution in [3.05, 3.63) is 64.4 Å². The number of aryl methyl sites for hydroxylation is 1. The van der Waals surface area contributed by atoms with Crippen LogP contribution in [-0.4, -0.2) is 24.2 Å². The molecule has 0 aromatic heterocycles. The first kappa shape index (κ1) is 17.2. The number of carbonyl (C=O) groups excluding carboxylic acids is 1. The molecule has 0 aliphatic carbocycles. The maximum absolute atomic E-state index is 13.3. The largest absolute Gasteiger partial charge is 0.484 e. The molecule has 2 aromatic carbocycles. The lowest BCUT2D eigenvalue weighted by Gasteiger charge is -2.13. The Morgan fingerprint density at radius 1 is 1.30 bits per heavy atom. The number of nitrogens with one attached hydrogen (secondary N) is 1. The molecule has 4 nitrogen and oxygen atoms in total. The molecule has 0 aliphatic rings. The summed E-state index contributed by atoms with van der Waals surface area (Å²) in [4.78, 5) is 11.7. The summed E-state index contributed by atoms with van der Waals surface area (Å²) < 4.78 is 18.6. The number of benzene rings is 2. The topological polar surface area (TPSA) is 58.6 Å². The molecule has 0 saturated heterocycles. The Labute approximate surface area is 138 Å². The van der Waals surface area contributed by atoms with Crippen molar-refractivity contribution in [2.75, 3.05) is 13.2 Å². The number of ether oxygens (including phenoxy) is 1. The summed E-state index contributed by atoms with van der Waals surface area (Å²) in [7, 11) is 0. The van der Waals surface area contributed by atoms with E-state index < -0.39 is 11.9 Å². The number of carbonyl (C=O) groups is 1. The minimum atomic E-state index is -1.02. The molecule has 6 heteroatoms. The monoisotopic (exact) mass is 337 g/mol. The van der Waals surface area contributed by atoms with E-state index in [-0.39, 0.29) is 24.1 Å². The van der Waals surface area contributed by atoms with Gasteiger partial charge in [0.2, 0.25) is 0 Å². The van der Waals surface area contributed by atoms with Gasteiger partial charge in [-0.1, -0.05) is 35.4 Å². The van der Waals surface area contributed by atoms with E-state index in [2.05, 4.69) is 5.32 Å². The van der Waals surface area contributed by atoms with E-state index in [1.54, 1.807) is 12.1 Å². The Kier molecular flexibility index (Phi) is 5.96. The SMILES string of the molecule is Cc1ccc(OCC(=O)NCC(O)c2ccc(Cl)c(F)c2)cc1. The number of amides is 1. The molecular formula is C17H17ClFNO3. The summed E-state index contributed by atoms with van der Waals surface area (Å²) in [5, 5.41) is 12.4. The maximum atomic E-state index is 13.3. The fraction of sp³-hybridized carbons (Fsp3) is 0.235. The molecule has 1 amide bonds. The smallest absolute Gasteiger partial charge is 0.258 e. The predicted molar refractivity (Wildman–Crippen MR) is 86.1 cm³/mol. The van der Waals surface area contributed by atoms with Crippen molar-refractivity contribution in [2.45, 2.75) is 13.0 Å². The third kappa shape index (κ3) is 5.23. The minimum absolute atomic E-state index is 0.0171. The van der Waals surface area contributed by atoms with Crippen LogP contribution in [0.25, 0.3) is 0 Å². The third-order valence-electron chi connectivity index (χ3n) is 3.21. The van der Waals surface area contributed by atoms with Crippen molar-refractivity contribution >= 4 is 17.5 Å². The number of halogens is 2. The van der Waals surface area contributed by atoms with Crippen LogP contribution in [0.1, 0.15) is 17.2 Å². The van der Waals surface area contributed by atoms with Crippen LogP contribution in [0.4, 0.5) is 4.39 Å². The lowest BCUT2D eigenvalue weighted by Crippen LogP contribution is -2.32. The van der Waals surface area contributed by atoms with E-state index in [0.29, 0.717) is 11.3 Å². The van der Waals surface area contributed by atoms with Gasteiger partial charge in [0.25, 0.3) is 5.91 Å². The van der Waals surface area contributed by atoms with Crippen LogP contribution >= 0.6 is 11.6 Å². The molecule has 0 bridgehead atoms. The zero-order valence-electron chi connectivity index (χ0n) is 12.6. The van der Waals surface area contributed by atoms with E-state index in [4.69, 9.17) is 16.3 Å². The van der Waals surface area contributed by atoms with E-state index in [1.165, 1.54) is 12.1 Å². The highest BCUT2D eigenvalue weighted by atomic mass is 35.5. The zero-order chi connectivity index (χ0) is 16.8. The van der Waals surface area contributed by atoms with Crippen LogP contribution < -0.4 is 10.1 Å². The molecule has 0 heterocycles. The van der Waals surface area contributed by atoms with Crippen molar-refractivity contribution in [3.8, 4) is 5.75 Å². The van der Waals surface area contributed by atoms with Crippen molar-refractivity contribution in [1.29, 1.82) is 0 Å². The molecule has 0 saturated carbocycles. The van der Waals surface area contributed by atoms with Gasteiger partial charge in [0.15, 0.2) is 6.61 Å². The molecule has 1 unspecified atom stereocenters. The molecule has 2 rings (SSSR count). The summed E-state index contributed by atoms with van der Waals surface area (Å²) >= 11 is 5.58. The van der Waals surface area contributed by atoms with Crippen LogP contribution in [0.15, 0.2) is 42.5 Å². The highest BCUT2D eigenvalue weighted by Gasteiger charge is 2.12. The average Bonchev–Trinajstić information content (AvgIpc) is 2.54. The van der Waals surface area contributed by atoms with Gasteiger partial charge in [-0.15, -0.1) is 0 Å². The fourth-order valence-electron chi connectivity index (χ4n) is 1.88. The summed E-state index contributed by atoms with van der Waals surface area (Å²) in [6, 6.07) is 11.3. The summed E-state index contributed by atoms with van der Waals surface area (Å²) in [6.45, 7) is 1.75. The van der Waals surface area contributed by atoms with Crippen LogP contribution in [-0.2, 0) is 4.79 Å². The van der Waals surface area contributed by atoms with Gasteiger partial charge in [0, 0.05) is 6.54 Å². The van der Waals surface area contributed by atoms with Crippen molar-refractivity contribution in [2.24, 2.45) is 0 Å². The molecule has 23 heavy (non-hydrogen) atoms. The Hall–Kier alpha value is -2.11. The highest BCUT2D eigenvalue weighted by molar-refractivity contribution is 6.30.